The van der Waals surface area contributed by atoms with Crippen LogP contribution >= 0.6 is 0 Å². The molecule has 0 aromatic heterocycles. The predicted molar refractivity (Wildman–Crippen MR) is 118 cm³/mol. The van der Waals surface area contributed by atoms with E-state index in [4.69, 9.17) is 0 Å². The van der Waals surface area contributed by atoms with Crippen molar-refractivity contribution >= 4 is 29.0 Å². The minimum atomic E-state index is 0.788. The lowest BCUT2D eigenvalue weighted by atomic mass is 9.11. The van der Waals surface area contributed by atoms with Gasteiger partial charge in [-0.25, -0.2) is 0 Å². The summed E-state index contributed by atoms with van der Waals surface area (Å²) < 4.78 is 0. The highest BCUT2D eigenvalue weighted by Crippen LogP contribution is 2.38. The van der Waals surface area contributed by atoms with Gasteiger partial charge >= 0.3 is 0 Å². The Labute approximate surface area is 152 Å². The molecule has 0 bridgehead atoms. The molecule has 0 nitrogen and oxygen atoms in total. The molecule has 0 spiro atoms. The van der Waals surface area contributed by atoms with Crippen LogP contribution in [0.4, 0.5) is 0 Å². The first-order valence-electron chi connectivity index (χ1n) is 9.80. The first-order chi connectivity index (χ1) is 11.8. The van der Waals surface area contributed by atoms with E-state index in [1.54, 1.807) is 5.56 Å². The van der Waals surface area contributed by atoms with Gasteiger partial charge in [-0.05, 0) is 48.8 Å². The number of benzene rings is 1. The Morgan fingerprint density at radius 3 is 2.50 bits per heavy atom. The van der Waals surface area contributed by atoms with Crippen LogP contribution in [0.5, 0.6) is 0 Å². The van der Waals surface area contributed by atoms with Gasteiger partial charge in [0.25, 0.3) is 0 Å². The van der Waals surface area contributed by atoms with Gasteiger partial charge in [0.15, 0.2) is 0 Å². The van der Waals surface area contributed by atoms with Crippen molar-refractivity contribution in [3.8, 4) is 0 Å². The van der Waals surface area contributed by atoms with E-state index < -0.39 is 0 Å². The maximum atomic E-state index is 3.81. The number of allylic oxidation sites excluding steroid dienone is 5. The third-order valence-corrected chi connectivity index (χ3v) is 5.38. The molecule has 0 saturated heterocycles. The fourth-order valence-electron chi connectivity index (χ4n) is 3.96. The molecule has 1 aromatic carbocycles. The summed E-state index contributed by atoms with van der Waals surface area (Å²) in [7, 11) is 6.51. The van der Waals surface area contributed by atoms with Crippen LogP contribution in [0.15, 0.2) is 60.7 Å². The van der Waals surface area contributed by atoms with Crippen LogP contribution in [0, 0.1) is 0 Å². The van der Waals surface area contributed by atoms with Crippen molar-refractivity contribution in [3.05, 3.63) is 71.8 Å². The van der Waals surface area contributed by atoms with Crippen LogP contribution in [0.2, 0.25) is 5.82 Å². The molecule has 0 unspecified atom stereocenters. The summed E-state index contributed by atoms with van der Waals surface area (Å²) in [5, 5.41) is 0. The van der Waals surface area contributed by atoms with Gasteiger partial charge in [0.1, 0.15) is 0 Å². The summed E-state index contributed by atoms with van der Waals surface area (Å²) in [6.07, 6.45) is 14.9. The third-order valence-electron chi connectivity index (χ3n) is 5.38. The minimum absolute atomic E-state index is 0.788. The maximum Gasteiger partial charge on any atom is 0.0815 e. The lowest BCUT2D eigenvalue weighted by Crippen LogP contribution is -2.21. The van der Waals surface area contributed by atoms with Gasteiger partial charge < -0.3 is 0 Å². The van der Waals surface area contributed by atoms with Crippen molar-refractivity contribution in [2.45, 2.75) is 50.8 Å². The molecule has 4 heteroatoms. The lowest BCUT2D eigenvalue weighted by molar-refractivity contribution is 0.443. The minimum Gasteiger partial charge on any atom is -0.0991 e. The number of hydrogen-bond acceptors (Lipinski definition) is 0. The fourth-order valence-corrected chi connectivity index (χ4v) is 3.96. The van der Waals surface area contributed by atoms with Crippen molar-refractivity contribution in [1.29, 1.82) is 0 Å². The van der Waals surface area contributed by atoms with Crippen molar-refractivity contribution in [2.75, 3.05) is 0 Å². The van der Waals surface area contributed by atoms with Gasteiger partial charge in [0.2, 0.25) is 0 Å². The Bertz CT molecular complexity index is 552. The van der Waals surface area contributed by atoms with Crippen molar-refractivity contribution < 1.29 is 0 Å². The monoisotopic (exact) mass is 314 g/mol. The molecule has 0 N–H and O–H groups in total. The summed E-state index contributed by atoms with van der Waals surface area (Å²) in [6, 6.07) is 9.37. The van der Waals surface area contributed by atoms with Gasteiger partial charge in [-0.1, -0.05) is 73.8 Å². The highest BCUT2D eigenvalue weighted by atomic mass is 14.2. The Morgan fingerprint density at radius 2 is 1.92 bits per heavy atom. The van der Waals surface area contributed by atoms with Crippen LogP contribution in [0.1, 0.15) is 49.7 Å². The van der Waals surface area contributed by atoms with E-state index in [2.05, 4.69) is 63.7 Å². The summed E-state index contributed by atoms with van der Waals surface area (Å²) in [6.45, 7) is 5.88. The van der Waals surface area contributed by atoms with Gasteiger partial charge in [0.05, 0.1) is 14.9 Å². The quantitative estimate of drug-likeness (QED) is 0.511. The zero-order valence-electron chi connectivity index (χ0n) is 15.6. The van der Waals surface area contributed by atoms with Crippen LogP contribution in [-0.4, -0.2) is 29.0 Å². The zero-order chi connectivity index (χ0) is 17.2. The van der Waals surface area contributed by atoms with E-state index in [-0.39, 0.29) is 0 Å². The molecule has 0 heterocycles. The second-order valence-corrected chi connectivity index (χ2v) is 7.26. The molecular formula is C20H30B4. The van der Waals surface area contributed by atoms with E-state index >= 15 is 0 Å². The maximum absolute atomic E-state index is 3.81. The fraction of sp³-hybridized carbons (Fsp3) is 0.400. The highest BCUT2D eigenvalue weighted by Gasteiger charge is 2.22. The number of hydrogen-bond donors (Lipinski definition) is 0. The average Bonchev–Trinajstić information content (AvgIpc) is 2.61. The average molecular weight is 314 g/mol. The SMILES string of the molecule is BBBBC1CCC(c2ccc(CC(/C=C\C)=C/C=C)cc2)CC1. The van der Waals surface area contributed by atoms with Crippen LogP contribution in [-0.2, 0) is 6.42 Å². The van der Waals surface area contributed by atoms with Crippen LogP contribution in [0.25, 0.3) is 0 Å². The van der Waals surface area contributed by atoms with Crippen molar-refractivity contribution in [2.24, 2.45) is 0 Å². The van der Waals surface area contributed by atoms with E-state index in [0.717, 1.165) is 18.2 Å². The molecule has 0 atom stereocenters. The van der Waals surface area contributed by atoms with E-state index in [1.165, 1.54) is 58.1 Å². The topological polar surface area (TPSA) is 0 Å². The molecule has 0 radical (unpaired) electrons. The zero-order valence-corrected chi connectivity index (χ0v) is 15.6. The Kier molecular flexibility index (Phi) is 8.36. The summed E-state index contributed by atoms with van der Waals surface area (Å²) in [4.78, 5) is 0. The second-order valence-electron chi connectivity index (χ2n) is 7.26. The smallest absolute Gasteiger partial charge is 0.0815 e. The number of rotatable bonds is 8. The van der Waals surface area contributed by atoms with E-state index in [9.17, 15) is 0 Å². The first-order valence-corrected chi connectivity index (χ1v) is 9.80. The molecule has 2 rings (SSSR count). The Morgan fingerprint density at radius 1 is 1.21 bits per heavy atom. The first kappa shape index (κ1) is 19.0. The van der Waals surface area contributed by atoms with Gasteiger partial charge in [0, 0.05) is 14.1 Å². The predicted octanol–water partition coefficient (Wildman–Crippen LogP) is 3.05. The summed E-state index contributed by atoms with van der Waals surface area (Å²) in [5.41, 5.74) is 4.26. The standard InChI is InChI=1S/C20H30B4/c1-3-5-16(6-4-2)15-17-7-9-18(10-8-17)19-11-13-20(14-12-19)22-24-23-21/h3-10,19-20,22-24H,1,11-15,21H2,2H3/b6-4-,16-5+. The molecule has 1 saturated carbocycles. The molecule has 24 heavy (non-hydrogen) atoms. The highest BCUT2D eigenvalue weighted by molar-refractivity contribution is 7.41. The molecule has 1 aliphatic carbocycles. The summed E-state index contributed by atoms with van der Waals surface area (Å²) in [5.74, 6) is 1.78. The van der Waals surface area contributed by atoms with Crippen molar-refractivity contribution in [3.63, 3.8) is 0 Å². The molecular weight excluding hydrogens is 283 g/mol. The van der Waals surface area contributed by atoms with Gasteiger partial charge in [-0.15, -0.1) is 0 Å². The Hall–Kier alpha value is -1.30. The lowest BCUT2D eigenvalue weighted by Gasteiger charge is -2.28. The normalized spacial score (nSPS) is 21.5. The molecule has 0 aliphatic heterocycles. The molecule has 122 valence electrons. The molecule has 1 aliphatic rings. The van der Waals surface area contributed by atoms with E-state index in [0.29, 0.717) is 0 Å². The molecule has 0 amide bonds. The van der Waals surface area contributed by atoms with Crippen LogP contribution in [0.3, 0.4) is 0 Å². The summed E-state index contributed by atoms with van der Waals surface area (Å²) >= 11 is 0. The van der Waals surface area contributed by atoms with Gasteiger partial charge in [-0.3, -0.25) is 0 Å². The molecule has 1 aromatic rings. The molecule has 1 fully saturated rings. The van der Waals surface area contributed by atoms with E-state index in [1.807, 2.05) is 6.08 Å². The largest absolute Gasteiger partial charge is 0.0991 e. The third kappa shape index (κ3) is 5.96. The Balaban J connectivity index is 1.90. The van der Waals surface area contributed by atoms with Gasteiger partial charge in [-0.2, -0.15) is 0 Å². The second kappa shape index (κ2) is 10.5. The van der Waals surface area contributed by atoms with Crippen molar-refractivity contribution in [1.82, 2.24) is 0 Å². The van der Waals surface area contributed by atoms with Crippen LogP contribution < -0.4 is 0 Å².